The van der Waals surface area contributed by atoms with E-state index in [-0.39, 0.29) is 5.91 Å². The molecule has 32 heavy (non-hydrogen) atoms. The first-order chi connectivity index (χ1) is 15.6. The Morgan fingerprint density at radius 2 is 1.59 bits per heavy atom. The van der Waals surface area contributed by atoms with Gasteiger partial charge in [-0.1, -0.05) is 54.6 Å². The van der Waals surface area contributed by atoms with Gasteiger partial charge in [-0.15, -0.1) is 10.2 Å². The standard InChI is InChI=1S/C26H23N3O3/c1-29(18-19-9-4-3-5-10-19)26(30)21-12-8-11-20(17-21)22-15-16-25(28-27-22)32-24-14-7-6-13-23(24)31-2/h3-17H,18H2,1-2H3. The van der Waals surface area contributed by atoms with Gasteiger partial charge >= 0.3 is 0 Å². The minimum Gasteiger partial charge on any atom is -0.493 e. The van der Waals surface area contributed by atoms with Crippen molar-refractivity contribution >= 4 is 5.91 Å². The van der Waals surface area contributed by atoms with Crippen molar-refractivity contribution in [3.05, 3.63) is 102 Å². The normalized spacial score (nSPS) is 10.4. The average molecular weight is 425 g/mol. The smallest absolute Gasteiger partial charge is 0.253 e. The summed E-state index contributed by atoms with van der Waals surface area (Å²) in [6.07, 6.45) is 0. The number of hydrogen-bond acceptors (Lipinski definition) is 5. The molecule has 0 atom stereocenters. The maximum Gasteiger partial charge on any atom is 0.253 e. The molecule has 0 fully saturated rings. The second-order valence-corrected chi connectivity index (χ2v) is 7.24. The van der Waals surface area contributed by atoms with Gasteiger partial charge in [-0.25, -0.2) is 0 Å². The van der Waals surface area contributed by atoms with E-state index in [1.807, 2.05) is 72.8 Å². The summed E-state index contributed by atoms with van der Waals surface area (Å²) < 4.78 is 11.1. The molecule has 0 aliphatic rings. The number of methoxy groups -OCH3 is 1. The van der Waals surface area contributed by atoms with Crippen LogP contribution in [0.1, 0.15) is 15.9 Å². The van der Waals surface area contributed by atoms with Crippen LogP contribution in [0, 0.1) is 0 Å². The van der Waals surface area contributed by atoms with Gasteiger partial charge in [0, 0.05) is 30.8 Å². The van der Waals surface area contributed by atoms with Crippen LogP contribution >= 0.6 is 0 Å². The fourth-order valence-corrected chi connectivity index (χ4v) is 3.31. The number of carbonyl (C=O) groups excluding carboxylic acids is 1. The summed E-state index contributed by atoms with van der Waals surface area (Å²) in [5, 5.41) is 8.44. The van der Waals surface area contributed by atoms with Crippen LogP contribution in [0.5, 0.6) is 17.4 Å². The van der Waals surface area contributed by atoms with Crippen LogP contribution in [0.2, 0.25) is 0 Å². The fraction of sp³-hybridized carbons (Fsp3) is 0.115. The van der Waals surface area contributed by atoms with E-state index in [1.54, 1.807) is 37.3 Å². The molecule has 4 rings (SSSR count). The van der Waals surface area contributed by atoms with E-state index in [4.69, 9.17) is 9.47 Å². The third-order valence-electron chi connectivity index (χ3n) is 4.94. The highest BCUT2D eigenvalue weighted by molar-refractivity contribution is 5.95. The first kappa shape index (κ1) is 21.1. The zero-order valence-electron chi connectivity index (χ0n) is 17.9. The van der Waals surface area contributed by atoms with Gasteiger partial charge in [0.1, 0.15) is 0 Å². The molecule has 160 valence electrons. The number of carbonyl (C=O) groups is 1. The summed E-state index contributed by atoms with van der Waals surface area (Å²) in [6.45, 7) is 0.540. The number of aromatic nitrogens is 2. The van der Waals surface area contributed by atoms with Gasteiger partial charge in [0.05, 0.1) is 12.8 Å². The van der Waals surface area contributed by atoms with Gasteiger partial charge in [-0.2, -0.15) is 0 Å². The van der Waals surface area contributed by atoms with Crippen LogP contribution in [-0.2, 0) is 6.54 Å². The molecule has 0 radical (unpaired) electrons. The Labute approximate surface area is 187 Å². The fourth-order valence-electron chi connectivity index (χ4n) is 3.31. The molecule has 0 aliphatic carbocycles. The van der Waals surface area contributed by atoms with Crippen molar-refractivity contribution < 1.29 is 14.3 Å². The molecule has 6 nitrogen and oxygen atoms in total. The van der Waals surface area contributed by atoms with Crippen molar-refractivity contribution in [3.8, 4) is 28.6 Å². The van der Waals surface area contributed by atoms with Crippen LogP contribution in [0.3, 0.4) is 0 Å². The van der Waals surface area contributed by atoms with Gasteiger partial charge < -0.3 is 14.4 Å². The Bertz CT molecular complexity index is 1190. The van der Waals surface area contributed by atoms with Gasteiger partial charge in [0.15, 0.2) is 11.5 Å². The van der Waals surface area contributed by atoms with Crippen LogP contribution < -0.4 is 9.47 Å². The molecule has 1 amide bonds. The Kier molecular flexibility index (Phi) is 6.41. The Morgan fingerprint density at radius 1 is 0.844 bits per heavy atom. The number of para-hydroxylation sites is 2. The van der Waals surface area contributed by atoms with Crippen molar-refractivity contribution in [2.45, 2.75) is 6.54 Å². The number of rotatable bonds is 7. The number of hydrogen-bond donors (Lipinski definition) is 0. The topological polar surface area (TPSA) is 64.6 Å². The largest absolute Gasteiger partial charge is 0.493 e. The zero-order valence-corrected chi connectivity index (χ0v) is 17.9. The second-order valence-electron chi connectivity index (χ2n) is 7.24. The van der Waals surface area contributed by atoms with Crippen LogP contribution in [0.4, 0.5) is 0 Å². The van der Waals surface area contributed by atoms with Gasteiger partial charge in [0.2, 0.25) is 5.88 Å². The van der Waals surface area contributed by atoms with Gasteiger partial charge in [-0.05, 0) is 35.9 Å². The molecule has 0 saturated carbocycles. The summed E-state index contributed by atoms with van der Waals surface area (Å²) in [6, 6.07) is 28.2. The van der Waals surface area contributed by atoms with Crippen LogP contribution in [-0.4, -0.2) is 35.2 Å². The lowest BCUT2D eigenvalue weighted by Crippen LogP contribution is -2.26. The predicted octanol–water partition coefficient (Wildman–Crippen LogP) is 5.22. The lowest BCUT2D eigenvalue weighted by atomic mass is 10.1. The number of amides is 1. The molecule has 4 aromatic rings. The summed E-state index contributed by atoms with van der Waals surface area (Å²) in [4.78, 5) is 14.6. The SMILES string of the molecule is COc1ccccc1Oc1ccc(-c2cccc(C(=O)N(C)Cc3ccccc3)c2)nn1. The van der Waals surface area contributed by atoms with Crippen molar-refractivity contribution in [2.75, 3.05) is 14.2 Å². The molecule has 3 aromatic carbocycles. The molecule has 1 heterocycles. The number of ether oxygens (including phenoxy) is 2. The van der Waals surface area contributed by atoms with Crippen molar-refractivity contribution in [1.29, 1.82) is 0 Å². The van der Waals surface area contributed by atoms with E-state index in [0.29, 0.717) is 35.2 Å². The van der Waals surface area contributed by atoms with Gasteiger partial charge in [0.25, 0.3) is 5.91 Å². The Balaban J connectivity index is 1.48. The first-order valence-corrected chi connectivity index (χ1v) is 10.2. The monoisotopic (exact) mass is 425 g/mol. The maximum absolute atomic E-state index is 12.9. The van der Waals surface area contributed by atoms with E-state index in [9.17, 15) is 4.79 Å². The van der Waals surface area contributed by atoms with E-state index in [2.05, 4.69) is 10.2 Å². The van der Waals surface area contributed by atoms with E-state index in [1.165, 1.54) is 0 Å². The molecule has 0 saturated heterocycles. The highest BCUT2D eigenvalue weighted by atomic mass is 16.5. The summed E-state index contributed by atoms with van der Waals surface area (Å²) >= 11 is 0. The zero-order chi connectivity index (χ0) is 22.3. The Morgan fingerprint density at radius 3 is 2.31 bits per heavy atom. The molecule has 0 spiro atoms. The van der Waals surface area contributed by atoms with Gasteiger partial charge in [-0.3, -0.25) is 4.79 Å². The maximum atomic E-state index is 12.9. The quantitative estimate of drug-likeness (QED) is 0.406. The highest BCUT2D eigenvalue weighted by Gasteiger charge is 2.14. The third-order valence-corrected chi connectivity index (χ3v) is 4.94. The second kappa shape index (κ2) is 9.75. The summed E-state index contributed by atoms with van der Waals surface area (Å²) in [5.41, 5.74) is 3.13. The van der Waals surface area contributed by atoms with E-state index < -0.39 is 0 Å². The lowest BCUT2D eigenvalue weighted by molar-refractivity contribution is 0.0785. The van der Waals surface area contributed by atoms with E-state index in [0.717, 1.165) is 11.1 Å². The molecular formula is C26H23N3O3. The molecule has 0 aliphatic heterocycles. The number of nitrogens with zero attached hydrogens (tertiary/aromatic N) is 3. The highest BCUT2D eigenvalue weighted by Crippen LogP contribution is 2.30. The van der Waals surface area contributed by atoms with Crippen molar-refractivity contribution in [2.24, 2.45) is 0 Å². The van der Waals surface area contributed by atoms with Crippen LogP contribution in [0.15, 0.2) is 91.0 Å². The Hall–Kier alpha value is -4.19. The lowest BCUT2D eigenvalue weighted by Gasteiger charge is -2.17. The molecule has 0 unspecified atom stereocenters. The average Bonchev–Trinajstić information content (AvgIpc) is 2.85. The number of benzene rings is 3. The molecule has 1 aromatic heterocycles. The van der Waals surface area contributed by atoms with Crippen LogP contribution in [0.25, 0.3) is 11.3 Å². The minimum absolute atomic E-state index is 0.0558. The molecule has 0 N–H and O–H groups in total. The van der Waals surface area contributed by atoms with Crippen molar-refractivity contribution in [1.82, 2.24) is 15.1 Å². The minimum atomic E-state index is -0.0558. The summed E-state index contributed by atoms with van der Waals surface area (Å²) in [5.74, 6) is 1.48. The van der Waals surface area contributed by atoms with Crippen molar-refractivity contribution in [3.63, 3.8) is 0 Å². The third kappa shape index (κ3) is 4.92. The van der Waals surface area contributed by atoms with E-state index >= 15 is 0 Å². The first-order valence-electron chi connectivity index (χ1n) is 10.2. The molecule has 0 bridgehead atoms. The molecule has 6 heteroatoms. The predicted molar refractivity (Wildman–Crippen MR) is 123 cm³/mol. The summed E-state index contributed by atoms with van der Waals surface area (Å²) in [7, 11) is 3.38. The molecular weight excluding hydrogens is 402 g/mol.